The van der Waals surface area contributed by atoms with Crippen molar-refractivity contribution in [1.82, 2.24) is 15.6 Å². The number of imide groups is 1. The van der Waals surface area contributed by atoms with Crippen molar-refractivity contribution < 1.29 is 23.9 Å². The summed E-state index contributed by atoms with van der Waals surface area (Å²) in [6.45, 7) is 0.0950. The molecule has 1 aromatic heterocycles. The lowest BCUT2D eigenvalue weighted by atomic mass is 9.94. The number of methoxy groups -OCH3 is 1. The van der Waals surface area contributed by atoms with Crippen LogP contribution in [0.1, 0.15) is 32.3 Å². The van der Waals surface area contributed by atoms with Crippen molar-refractivity contribution in [2.24, 2.45) is 0 Å². The van der Waals surface area contributed by atoms with Crippen LogP contribution >= 0.6 is 0 Å². The SMILES string of the molecule is COc1ccc(C(=O)Nc2ccc(NC(=O)c3ccccn3)cc2)cc1C1CNC(=O)NC1=O. The second-order valence-corrected chi connectivity index (χ2v) is 7.41. The summed E-state index contributed by atoms with van der Waals surface area (Å²) >= 11 is 0. The fourth-order valence-electron chi connectivity index (χ4n) is 3.46. The summed E-state index contributed by atoms with van der Waals surface area (Å²) < 4.78 is 5.34. The number of hydrogen-bond donors (Lipinski definition) is 4. The van der Waals surface area contributed by atoms with Crippen LogP contribution in [0.25, 0.3) is 0 Å². The topological polar surface area (TPSA) is 139 Å². The maximum atomic E-state index is 12.8. The first kappa shape index (κ1) is 22.5. The number of carbonyl (C=O) groups is 4. The molecule has 4 N–H and O–H groups in total. The number of hydrogen-bond acceptors (Lipinski definition) is 6. The zero-order chi connectivity index (χ0) is 24.1. The fourth-order valence-corrected chi connectivity index (χ4v) is 3.46. The monoisotopic (exact) mass is 459 g/mol. The lowest BCUT2D eigenvalue weighted by Gasteiger charge is -2.24. The number of pyridine rings is 1. The van der Waals surface area contributed by atoms with E-state index in [0.29, 0.717) is 33.9 Å². The number of carbonyl (C=O) groups excluding carboxylic acids is 4. The predicted octanol–water partition coefficient (Wildman–Crippen LogP) is 2.52. The van der Waals surface area contributed by atoms with Crippen molar-refractivity contribution in [1.29, 1.82) is 0 Å². The van der Waals surface area contributed by atoms with Gasteiger partial charge in [0.25, 0.3) is 11.8 Å². The Kier molecular flexibility index (Phi) is 6.49. The van der Waals surface area contributed by atoms with E-state index in [1.807, 2.05) is 0 Å². The maximum Gasteiger partial charge on any atom is 0.321 e. The van der Waals surface area contributed by atoms with Crippen LogP contribution in [0, 0.1) is 0 Å². The molecular formula is C24H21N5O5. The van der Waals surface area contributed by atoms with Gasteiger partial charge in [0, 0.05) is 35.2 Å². The van der Waals surface area contributed by atoms with Crippen molar-refractivity contribution in [3.8, 4) is 5.75 Å². The minimum Gasteiger partial charge on any atom is -0.496 e. The molecule has 4 rings (SSSR count). The Hall–Kier alpha value is -4.73. The number of urea groups is 1. The van der Waals surface area contributed by atoms with Gasteiger partial charge in [-0.2, -0.15) is 0 Å². The van der Waals surface area contributed by atoms with Gasteiger partial charge < -0.3 is 20.7 Å². The lowest BCUT2D eigenvalue weighted by molar-refractivity contribution is -0.122. The smallest absolute Gasteiger partial charge is 0.321 e. The van der Waals surface area contributed by atoms with E-state index in [2.05, 4.69) is 26.3 Å². The molecule has 0 aliphatic carbocycles. The molecule has 5 amide bonds. The van der Waals surface area contributed by atoms with Crippen molar-refractivity contribution in [2.45, 2.75) is 5.92 Å². The third-order valence-corrected chi connectivity index (χ3v) is 5.19. The standard InChI is InChI=1S/C24H21N5O5/c1-34-20-10-5-14(12-17(20)18-13-26-24(33)29-22(18)31)21(30)27-15-6-8-16(9-7-15)28-23(32)19-4-2-3-11-25-19/h2-12,18H,13H2,1H3,(H,27,30)(H,28,32)(H2,26,29,31,33). The zero-order valence-corrected chi connectivity index (χ0v) is 18.1. The van der Waals surface area contributed by atoms with E-state index in [-0.39, 0.29) is 12.5 Å². The van der Waals surface area contributed by atoms with E-state index in [0.717, 1.165) is 0 Å². The molecular weight excluding hydrogens is 438 g/mol. The molecule has 0 spiro atoms. The number of rotatable bonds is 6. The second kappa shape index (κ2) is 9.82. The van der Waals surface area contributed by atoms with Gasteiger partial charge in [-0.1, -0.05) is 6.07 Å². The van der Waals surface area contributed by atoms with E-state index in [1.165, 1.54) is 13.3 Å². The van der Waals surface area contributed by atoms with Crippen LogP contribution in [-0.2, 0) is 4.79 Å². The largest absolute Gasteiger partial charge is 0.496 e. The number of aromatic nitrogens is 1. The molecule has 0 saturated carbocycles. The van der Waals surface area contributed by atoms with Crippen LogP contribution in [0.3, 0.4) is 0 Å². The van der Waals surface area contributed by atoms with Gasteiger partial charge in [-0.3, -0.25) is 24.7 Å². The van der Waals surface area contributed by atoms with Crippen molar-refractivity contribution in [2.75, 3.05) is 24.3 Å². The zero-order valence-electron chi connectivity index (χ0n) is 18.1. The van der Waals surface area contributed by atoms with Gasteiger partial charge in [-0.05, 0) is 54.6 Å². The molecule has 34 heavy (non-hydrogen) atoms. The number of ether oxygens (including phenoxy) is 1. The van der Waals surface area contributed by atoms with E-state index in [4.69, 9.17) is 4.74 Å². The molecule has 10 heteroatoms. The lowest BCUT2D eigenvalue weighted by Crippen LogP contribution is -2.51. The fraction of sp³-hybridized carbons (Fsp3) is 0.125. The predicted molar refractivity (Wildman–Crippen MR) is 124 cm³/mol. The average molecular weight is 459 g/mol. The molecule has 1 unspecified atom stereocenters. The third kappa shape index (κ3) is 5.01. The molecule has 1 atom stereocenters. The summed E-state index contributed by atoms with van der Waals surface area (Å²) in [5.41, 5.74) is 2.15. The summed E-state index contributed by atoms with van der Waals surface area (Å²) in [6, 6.07) is 15.9. The molecule has 2 aromatic carbocycles. The van der Waals surface area contributed by atoms with E-state index < -0.39 is 23.8 Å². The Morgan fingerprint density at radius 2 is 1.68 bits per heavy atom. The summed E-state index contributed by atoms with van der Waals surface area (Å²) in [5.74, 6) is -1.47. The summed E-state index contributed by atoms with van der Waals surface area (Å²) in [7, 11) is 1.46. The van der Waals surface area contributed by atoms with Gasteiger partial charge in [-0.15, -0.1) is 0 Å². The van der Waals surface area contributed by atoms with Crippen LogP contribution in [0.2, 0.25) is 0 Å². The van der Waals surface area contributed by atoms with Gasteiger partial charge in [-0.25, -0.2) is 4.79 Å². The molecule has 0 radical (unpaired) electrons. The minimum absolute atomic E-state index is 0.0950. The normalized spacial score (nSPS) is 15.0. The molecule has 1 aliphatic rings. The first-order chi connectivity index (χ1) is 16.4. The summed E-state index contributed by atoms with van der Waals surface area (Å²) in [5, 5.41) is 10.3. The highest BCUT2D eigenvalue weighted by molar-refractivity contribution is 6.06. The highest BCUT2D eigenvalue weighted by Crippen LogP contribution is 2.29. The Labute approximate surface area is 194 Å². The number of nitrogens with one attached hydrogen (secondary N) is 4. The van der Waals surface area contributed by atoms with Crippen LogP contribution in [0.5, 0.6) is 5.75 Å². The molecule has 172 valence electrons. The van der Waals surface area contributed by atoms with E-state index in [9.17, 15) is 19.2 Å². The first-order valence-corrected chi connectivity index (χ1v) is 10.3. The molecule has 1 fully saturated rings. The first-order valence-electron chi connectivity index (χ1n) is 10.3. The summed E-state index contributed by atoms with van der Waals surface area (Å²) in [6.07, 6.45) is 1.54. The molecule has 3 aromatic rings. The highest BCUT2D eigenvalue weighted by atomic mass is 16.5. The van der Waals surface area contributed by atoms with Crippen LogP contribution in [0.15, 0.2) is 66.9 Å². The van der Waals surface area contributed by atoms with Gasteiger partial charge in [0.15, 0.2) is 0 Å². The minimum atomic E-state index is -0.692. The number of anilines is 2. The van der Waals surface area contributed by atoms with Gasteiger partial charge in [0.05, 0.1) is 13.0 Å². The van der Waals surface area contributed by atoms with E-state index >= 15 is 0 Å². The average Bonchev–Trinajstić information content (AvgIpc) is 2.85. The molecule has 1 saturated heterocycles. The molecule has 2 heterocycles. The van der Waals surface area contributed by atoms with Crippen LogP contribution < -0.4 is 26.0 Å². The van der Waals surface area contributed by atoms with Gasteiger partial charge in [0.1, 0.15) is 11.4 Å². The number of benzene rings is 2. The number of amides is 5. The maximum absolute atomic E-state index is 12.8. The van der Waals surface area contributed by atoms with Gasteiger partial charge in [0.2, 0.25) is 5.91 Å². The van der Waals surface area contributed by atoms with Gasteiger partial charge >= 0.3 is 6.03 Å². The highest BCUT2D eigenvalue weighted by Gasteiger charge is 2.30. The van der Waals surface area contributed by atoms with Crippen molar-refractivity contribution in [3.63, 3.8) is 0 Å². The van der Waals surface area contributed by atoms with Crippen LogP contribution in [-0.4, -0.2) is 42.4 Å². The van der Waals surface area contributed by atoms with E-state index in [1.54, 1.807) is 60.7 Å². The Morgan fingerprint density at radius 1 is 0.971 bits per heavy atom. The second-order valence-electron chi connectivity index (χ2n) is 7.41. The van der Waals surface area contributed by atoms with Crippen LogP contribution in [0.4, 0.5) is 16.2 Å². The van der Waals surface area contributed by atoms with Crippen molar-refractivity contribution in [3.05, 3.63) is 83.7 Å². The summed E-state index contributed by atoms with van der Waals surface area (Å²) in [4.78, 5) is 52.7. The van der Waals surface area contributed by atoms with Crippen molar-refractivity contribution >= 4 is 35.1 Å². The number of nitrogens with zero attached hydrogens (tertiary/aromatic N) is 1. The Bertz CT molecular complexity index is 1240. The molecule has 0 bridgehead atoms. The Morgan fingerprint density at radius 3 is 2.29 bits per heavy atom. The Balaban J connectivity index is 1.45. The molecule has 10 nitrogen and oxygen atoms in total. The quantitative estimate of drug-likeness (QED) is 0.447. The third-order valence-electron chi connectivity index (χ3n) is 5.19. The molecule has 1 aliphatic heterocycles.